The van der Waals surface area contributed by atoms with Gasteiger partial charge in [0.05, 0.1) is 6.20 Å². The summed E-state index contributed by atoms with van der Waals surface area (Å²) in [5, 5.41) is 8.52. The van der Waals surface area contributed by atoms with Gasteiger partial charge in [0.25, 0.3) is 0 Å². The van der Waals surface area contributed by atoms with Crippen LogP contribution < -0.4 is 16.6 Å². The van der Waals surface area contributed by atoms with E-state index in [1.54, 1.807) is 0 Å². The Kier molecular flexibility index (Phi) is 8.35. The van der Waals surface area contributed by atoms with Crippen LogP contribution in [0, 0.1) is 5.82 Å². The number of aryl methyl sites for hydroxylation is 1. The van der Waals surface area contributed by atoms with Gasteiger partial charge in [-0.25, -0.2) is 18.7 Å². The summed E-state index contributed by atoms with van der Waals surface area (Å²) in [5.41, 5.74) is 11.4. The number of amides is 1. The summed E-state index contributed by atoms with van der Waals surface area (Å²) in [7, 11) is -1.84. The third-order valence-electron chi connectivity index (χ3n) is 4.94. The molecular formula is C19H26F4N6O2S. The minimum absolute atomic E-state index is 0.0231. The van der Waals surface area contributed by atoms with Crippen LogP contribution in [0.5, 0.6) is 0 Å². The van der Waals surface area contributed by atoms with Gasteiger partial charge < -0.3 is 11.5 Å². The molecule has 0 bridgehead atoms. The molecule has 1 atom stereocenters. The quantitative estimate of drug-likeness (QED) is 0.459. The van der Waals surface area contributed by atoms with E-state index in [0.29, 0.717) is 17.8 Å². The summed E-state index contributed by atoms with van der Waals surface area (Å²) in [6, 6.07) is 0.0387. The topological polar surface area (TPSA) is 143 Å². The highest BCUT2D eigenvalue weighted by Gasteiger charge is 2.42. The Bertz CT molecular complexity index is 989. The fourth-order valence-corrected chi connectivity index (χ4v) is 3.80. The number of rotatable bonds is 3. The van der Waals surface area contributed by atoms with Gasteiger partial charge in [-0.1, -0.05) is 0 Å². The van der Waals surface area contributed by atoms with Gasteiger partial charge in [-0.3, -0.25) is 9.48 Å². The number of alkyl halides is 3. The van der Waals surface area contributed by atoms with Gasteiger partial charge in [0.15, 0.2) is 10.8 Å². The highest BCUT2D eigenvalue weighted by Crippen LogP contribution is 2.49. The standard InChI is InChI=1S/C12H13F3N2.C6H10FN3OS.CH3NO/c13-12(14,15)11-9(6-4-5-6)10(16)7-2-1-3-8(7)17-11;1-4(2)10-3-5(7)6(9-10)12(8)11;2-1-3/h6H,1-5H2,(H2,16,17);3-4H,8H2,1-2H3;1H,(H2,2,3). The number of nitrogens with zero attached hydrogens (tertiary/aromatic N) is 3. The van der Waals surface area contributed by atoms with E-state index >= 15 is 0 Å². The molecule has 2 aromatic heterocycles. The second-order valence-corrected chi connectivity index (χ2v) is 8.61. The molecule has 1 amide bonds. The van der Waals surface area contributed by atoms with E-state index in [2.05, 4.69) is 15.8 Å². The Morgan fingerprint density at radius 3 is 2.28 bits per heavy atom. The van der Waals surface area contributed by atoms with Crippen LogP contribution >= 0.6 is 0 Å². The Hall–Kier alpha value is -2.54. The number of nitrogens with two attached hydrogens (primary N) is 3. The second kappa shape index (κ2) is 10.4. The number of primary amides is 1. The summed E-state index contributed by atoms with van der Waals surface area (Å²) < 4.78 is 63.8. The number of hydrogen-bond acceptors (Lipinski definition) is 5. The first kappa shape index (κ1) is 25.7. The lowest BCUT2D eigenvalue weighted by Crippen LogP contribution is -2.16. The van der Waals surface area contributed by atoms with Crippen molar-refractivity contribution in [2.45, 2.75) is 69.1 Å². The van der Waals surface area contributed by atoms with Gasteiger partial charge in [0, 0.05) is 23.0 Å². The minimum Gasteiger partial charge on any atom is -0.398 e. The van der Waals surface area contributed by atoms with E-state index < -0.39 is 28.7 Å². The fraction of sp³-hybridized carbons (Fsp3) is 0.526. The molecule has 2 heterocycles. The Morgan fingerprint density at radius 2 is 1.88 bits per heavy atom. The van der Waals surface area contributed by atoms with E-state index in [9.17, 15) is 21.8 Å². The maximum atomic E-state index is 13.0. The van der Waals surface area contributed by atoms with E-state index in [4.69, 9.17) is 15.7 Å². The molecule has 2 aliphatic carbocycles. The number of carbonyl (C=O) groups excluding carboxylic acids is 1. The van der Waals surface area contributed by atoms with E-state index in [1.807, 2.05) is 13.8 Å². The number of nitrogen functional groups attached to an aromatic ring is 1. The lowest BCUT2D eigenvalue weighted by atomic mass is 10.0. The summed E-state index contributed by atoms with van der Waals surface area (Å²) >= 11 is 0. The van der Waals surface area contributed by atoms with Crippen LogP contribution in [0.4, 0.5) is 23.2 Å². The average molecular weight is 479 g/mol. The van der Waals surface area contributed by atoms with Crippen LogP contribution in [-0.4, -0.2) is 25.4 Å². The van der Waals surface area contributed by atoms with E-state index in [1.165, 1.54) is 10.9 Å². The summed E-state index contributed by atoms with van der Waals surface area (Å²) in [6.07, 6.45) is 0.896. The fourth-order valence-electron chi connectivity index (χ4n) is 3.38. The number of aromatic nitrogens is 3. The largest absolute Gasteiger partial charge is 0.433 e. The lowest BCUT2D eigenvalue weighted by molar-refractivity contribution is -0.141. The third kappa shape index (κ3) is 6.03. The van der Waals surface area contributed by atoms with Crippen molar-refractivity contribution in [2.75, 3.05) is 5.73 Å². The van der Waals surface area contributed by atoms with Crippen molar-refractivity contribution in [2.24, 2.45) is 10.9 Å². The van der Waals surface area contributed by atoms with Gasteiger partial charge in [0.2, 0.25) is 6.41 Å². The molecule has 0 aromatic carbocycles. The highest BCUT2D eigenvalue weighted by atomic mass is 32.2. The number of carbonyl (C=O) groups is 1. The predicted molar refractivity (Wildman–Crippen MR) is 111 cm³/mol. The zero-order valence-corrected chi connectivity index (χ0v) is 18.5. The number of anilines is 1. The van der Waals surface area contributed by atoms with Gasteiger partial charge in [0.1, 0.15) is 16.7 Å². The average Bonchev–Trinajstić information content (AvgIpc) is 3.25. The van der Waals surface area contributed by atoms with E-state index in [-0.39, 0.29) is 29.0 Å². The van der Waals surface area contributed by atoms with Gasteiger partial charge >= 0.3 is 6.18 Å². The molecule has 6 N–H and O–H groups in total. The van der Waals surface area contributed by atoms with Gasteiger partial charge in [-0.05, 0) is 57.4 Å². The number of hydrogen-bond donors (Lipinski definition) is 3. The lowest BCUT2D eigenvalue weighted by Gasteiger charge is -2.17. The van der Waals surface area contributed by atoms with Crippen LogP contribution in [0.1, 0.15) is 67.6 Å². The van der Waals surface area contributed by atoms with Crippen molar-refractivity contribution in [3.8, 4) is 0 Å². The van der Waals surface area contributed by atoms with Crippen LogP contribution in [0.2, 0.25) is 0 Å². The molecule has 0 aliphatic heterocycles. The summed E-state index contributed by atoms with van der Waals surface area (Å²) in [6.45, 7) is 3.69. The SMILES string of the molecule is CC(C)n1cc(F)c(S(N)=O)n1.NC=O.Nc1c2c(nc(C(F)(F)F)c1C1CC1)CCC2. The normalized spacial score (nSPS) is 15.9. The Morgan fingerprint density at radius 1 is 1.28 bits per heavy atom. The number of pyridine rings is 1. The zero-order chi connectivity index (χ0) is 24.2. The molecule has 0 saturated heterocycles. The molecule has 32 heavy (non-hydrogen) atoms. The molecule has 178 valence electrons. The smallest absolute Gasteiger partial charge is 0.398 e. The first-order chi connectivity index (χ1) is 14.9. The molecule has 0 spiro atoms. The van der Waals surface area contributed by atoms with Crippen LogP contribution in [0.25, 0.3) is 0 Å². The molecule has 1 saturated carbocycles. The first-order valence-electron chi connectivity index (χ1n) is 9.86. The van der Waals surface area contributed by atoms with Gasteiger partial charge in [-0.2, -0.15) is 18.3 Å². The third-order valence-corrected chi connectivity index (χ3v) is 5.59. The Labute approximate surface area is 185 Å². The van der Waals surface area contributed by atoms with Crippen molar-refractivity contribution in [3.63, 3.8) is 0 Å². The van der Waals surface area contributed by atoms with Crippen LogP contribution in [0.3, 0.4) is 0 Å². The second-order valence-electron chi connectivity index (χ2n) is 7.63. The summed E-state index contributed by atoms with van der Waals surface area (Å²) in [5.74, 6) is -0.644. The number of fused-ring (bicyclic) bond motifs is 1. The molecule has 1 fully saturated rings. The van der Waals surface area contributed by atoms with Crippen molar-refractivity contribution in [1.82, 2.24) is 14.8 Å². The van der Waals surface area contributed by atoms with Crippen molar-refractivity contribution < 1.29 is 26.6 Å². The maximum Gasteiger partial charge on any atom is 0.433 e. The molecule has 4 rings (SSSR count). The number of halogens is 4. The van der Waals surface area contributed by atoms with Crippen molar-refractivity contribution in [1.29, 1.82) is 0 Å². The predicted octanol–water partition coefficient (Wildman–Crippen LogP) is 2.73. The van der Waals surface area contributed by atoms with Crippen LogP contribution in [-0.2, 0) is 34.8 Å². The molecule has 8 nitrogen and oxygen atoms in total. The maximum absolute atomic E-state index is 13.0. The van der Waals surface area contributed by atoms with Crippen LogP contribution in [0.15, 0.2) is 11.2 Å². The zero-order valence-electron chi connectivity index (χ0n) is 17.7. The molecule has 1 unspecified atom stereocenters. The molecule has 0 radical (unpaired) electrons. The molecular weight excluding hydrogens is 452 g/mol. The molecule has 2 aliphatic rings. The highest BCUT2D eigenvalue weighted by molar-refractivity contribution is 7.82. The van der Waals surface area contributed by atoms with Crippen molar-refractivity contribution >= 4 is 23.1 Å². The monoisotopic (exact) mass is 478 g/mol. The molecule has 2 aromatic rings. The van der Waals surface area contributed by atoms with Gasteiger partial charge in [-0.15, -0.1) is 0 Å². The van der Waals surface area contributed by atoms with Crippen molar-refractivity contribution in [3.05, 3.63) is 34.5 Å². The Balaban J connectivity index is 0.000000213. The summed E-state index contributed by atoms with van der Waals surface area (Å²) in [4.78, 5) is 12.4. The minimum atomic E-state index is -4.39. The van der Waals surface area contributed by atoms with E-state index in [0.717, 1.165) is 31.2 Å². The molecule has 13 heteroatoms. The first-order valence-corrected chi connectivity index (χ1v) is 11.1.